The van der Waals surface area contributed by atoms with Crippen LogP contribution in [0, 0.1) is 6.92 Å². The maximum atomic E-state index is 5.89. The van der Waals surface area contributed by atoms with Crippen molar-refractivity contribution in [1.29, 1.82) is 0 Å². The van der Waals surface area contributed by atoms with Crippen molar-refractivity contribution in [2.24, 2.45) is 7.05 Å². The van der Waals surface area contributed by atoms with Gasteiger partial charge in [-0.2, -0.15) is 0 Å². The summed E-state index contributed by atoms with van der Waals surface area (Å²) >= 11 is 0. The first-order valence-corrected chi connectivity index (χ1v) is 7.10. The van der Waals surface area contributed by atoms with Gasteiger partial charge in [0.2, 0.25) is 5.69 Å². The van der Waals surface area contributed by atoms with Crippen LogP contribution in [0.3, 0.4) is 0 Å². The van der Waals surface area contributed by atoms with Gasteiger partial charge >= 0.3 is 0 Å². The van der Waals surface area contributed by atoms with Crippen LogP contribution in [0.25, 0.3) is 33.2 Å². The number of rotatable bonds is 1. The van der Waals surface area contributed by atoms with Crippen molar-refractivity contribution in [2.75, 3.05) is 0 Å². The fourth-order valence-electron chi connectivity index (χ4n) is 2.85. The van der Waals surface area contributed by atoms with Crippen molar-refractivity contribution in [1.82, 2.24) is 0 Å². The second-order valence-corrected chi connectivity index (χ2v) is 5.51. The van der Waals surface area contributed by atoms with Gasteiger partial charge in [-0.15, -0.1) is 0 Å². The maximum absolute atomic E-state index is 5.89. The van der Waals surface area contributed by atoms with Gasteiger partial charge in [0.1, 0.15) is 18.2 Å². The summed E-state index contributed by atoms with van der Waals surface area (Å²) in [5.41, 5.74) is 5.57. The third kappa shape index (κ3) is 1.91. The molecule has 0 fully saturated rings. The van der Waals surface area contributed by atoms with E-state index in [0.29, 0.717) is 0 Å². The molecule has 2 heteroatoms. The third-order valence-corrected chi connectivity index (χ3v) is 3.98. The molecule has 0 atom stereocenters. The summed E-state index contributed by atoms with van der Waals surface area (Å²) in [5, 5.41) is 2.34. The molecule has 0 N–H and O–H groups in total. The fraction of sp³-hybridized carbons (Fsp3) is 0.105. The molecular weight excluding hydrogens is 258 g/mol. The van der Waals surface area contributed by atoms with Crippen molar-refractivity contribution in [3.8, 4) is 11.3 Å². The van der Waals surface area contributed by atoms with E-state index in [1.807, 2.05) is 12.1 Å². The zero-order valence-corrected chi connectivity index (χ0v) is 12.1. The lowest BCUT2D eigenvalue weighted by Gasteiger charge is -2.01. The van der Waals surface area contributed by atoms with E-state index in [2.05, 4.69) is 67.2 Å². The molecule has 2 aromatic heterocycles. The van der Waals surface area contributed by atoms with Crippen molar-refractivity contribution in [2.45, 2.75) is 6.92 Å². The Morgan fingerprint density at radius 3 is 2.57 bits per heavy atom. The number of aromatic nitrogens is 1. The van der Waals surface area contributed by atoms with Crippen LogP contribution in [-0.4, -0.2) is 0 Å². The summed E-state index contributed by atoms with van der Waals surface area (Å²) in [7, 11) is 2.08. The van der Waals surface area contributed by atoms with Crippen LogP contribution in [0.4, 0.5) is 0 Å². The molecule has 0 amide bonds. The molecule has 0 aliphatic rings. The second-order valence-electron chi connectivity index (χ2n) is 5.51. The summed E-state index contributed by atoms with van der Waals surface area (Å²) in [6.07, 6.45) is 2.10. The number of furan rings is 1. The normalized spacial score (nSPS) is 11.3. The van der Waals surface area contributed by atoms with Gasteiger partial charge in [-0.3, -0.25) is 0 Å². The fourth-order valence-corrected chi connectivity index (χ4v) is 2.85. The number of hydrogen-bond donors (Lipinski definition) is 0. The number of aryl methyl sites for hydroxylation is 2. The number of hydrogen-bond acceptors (Lipinski definition) is 1. The molecule has 4 aromatic rings. The zero-order chi connectivity index (χ0) is 14.4. The van der Waals surface area contributed by atoms with Gasteiger partial charge < -0.3 is 4.42 Å². The van der Waals surface area contributed by atoms with Crippen molar-refractivity contribution in [3.05, 3.63) is 66.4 Å². The monoisotopic (exact) mass is 274 g/mol. The van der Waals surface area contributed by atoms with E-state index < -0.39 is 0 Å². The smallest absolute Gasteiger partial charge is 0.212 e. The molecule has 102 valence electrons. The topological polar surface area (TPSA) is 17.0 Å². The quantitative estimate of drug-likeness (QED) is 0.471. The summed E-state index contributed by atoms with van der Waals surface area (Å²) in [6.45, 7) is 2.12. The number of pyridine rings is 1. The molecule has 0 radical (unpaired) electrons. The van der Waals surface area contributed by atoms with E-state index in [9.17, 15) is 0 Å². The minimum atomic E-state index is 0.940. The van der Waals surface area contributed by atoms with Gasteiger partial charge in [0.05, 0.1) is 0 Å². The Morgan fingerprint density at radius 1 is 0.857 bits per heavy atom. The van der Waals surface area contributed by atoms with E-state index in [-0.39, 0.29) is 0 Å². The number of fused-ring (bicyclic) bond motifs is 3. The van der Waals surface area contributed by atoms with Crippen molar-refractivity contribution in [3.63, 3.8) is 0 Å². The highest BCUT2D eigenvalue weighted by atomic mass is 16.3. The highest BCUT2D eigenvalue weighted by Gasteiger charge is 2.13. The van der Waals surface area contributed by atoms with Crippen LogP contribution in [0.1, 0.15) is 5.56 Å². The first kappa shape index (κ1) is 12.2. The Hall–Kier alpha value is -2.61. The lowest BCUT2D eigenvalue weighted by molar-refractivity contribution is -0.660. The van der Waals surface area contributed by atoms with Gasteiger partial charge in [-0.25, -0.2) is 4.57 Å². The molecule has 4 rings (SSSR count). The Labute approximate surface area is 123 Å². The summed E-state index contributed by atoms with van der Waals surface area (Å²) in [4.78, 5) is 0. The third-order valence-electron chi connectivity index (χ3n) is 3.98. The van der Waals surface area contributed by atoms with E-state index in [0.717, 1.165) is 11.2 Å². The van der Waals surface area contributed by atoms with Gasteiger partial charge in [0, 0.05) is 28.5 Å². The lowest BCUT2D eigenvalue weighted by Crippen LogP contribution is -2.30. The predicted molar refractivity (Wildman–Crippen MR) is 85.1 cm³/mol. The molecule has 0 saturated heterocycles. The van der Waals surface area contributed by atoms with E-state index in [4.69, 9.17) is 4.42 Å². The second kappa shape index (κ2) is 4.45. The molecule has 0 aliphatic heterocycles. The van der Waals surface area contributed by atoms with Crippen LogP contribution in [0.2, 0.25) is 0 Å². The Bertz CT molecular complexity index is 966. The molecule has 21 heavy (non-hydrogen) atoms. The van der Waals surface area contributed by atoms with Gasteiger partial charge in [-0.05, 0) is 36.8 Å². The lowest BCUT2D eigenvalue weighted by atomic mass is 10.1. The molecule has 0 saturated carbocycles. The van der Waals surface area contributed by atoms with E-state index in [1.165, 1.54) is 27.6 Å². The molecule has 2 nitrogen and oxygen atoms in total. The van der Waals surface area contributed by atoms with Gasteiger partial charge in [0.25, 0.3) is 0 Å². The van der Waals surface area contributed by atoms with Gasteiger partial charge in [-0.1, -0.05) is 18.2 Å². The van der Waals surface area contributed by atoms with Crippen LogP contribution in [0.15, 0.2) is 65.2 Å². The highest BCUT2D eigenvalue weighted by molar-refractivity contribution is 6.06. The van der Waals surface area contributed by atoms with E-state index in [1.54, 1.807) is 0 Å². The molecule has 0 bridgehead atoms. The number of para-hydroxylation sites is 1. The van der Waals surface area contributed by atoms with Crippen LogP contribution in [-0.2, 0) is 7.05 Å². The van der Waals surface area contributed by atoms with E-state index >= 15 is 0 Å². The highest BCUT2D eigenvalue weighted by Crippen LogP contribution is 2.31. The average molecular weight is 274 g/mol. The molecular formula is C19H16NO+. The minimum absolute atomic E-state index is 0.940. The Morgan fingerprint density at radius 2 is 1.67 bits per heavy atom. The predicted octanol–water partition coefficient (Wildman–Crippen LogP) is 4.39. The average Bonchev–Trinajstić information content (AvgIpc) is 2.87. The first-order valence-electron chi connectivity index (χ1n) is 7.10. The molecule has 0 aliphatic carbocycles. The SMILES string of the molecule is Cc1cc[n+](C)c(-c2ccc3oc4ccccc4c3c2)c1. The Kier molecular flexibility index (Phi) is 2.58. The molecule has 2 heterocycles. The van der Waals surface area contributed by atoms with Crippen LogP contribution < -0.4 is 4.57 Å². The molecule has 0 spiro atoms. The molecule has 2 aromatic carbocycles. The standard InChI is InChI=1S/C19H16NO/c1-13-9-10-20(2)17(11-13)14-7-8-19-16(12-14)15-5-3-4-6-18(15)21-19/h3-12H,1-2H3/q+1. The van der Waals surface area contributed by atoms with Crippen LogP contribution in [0.5, 0.6) is 0 Å². The van der Waals surface area contributed by atoms with Crippen molar-refractivity contribution < 1.29 is 8.98 Å². The summed E-state index contributed by atoms with van der Waals surface area (Å²) < 4.78 is 8.04. The Balaban J connectivity index is 2.02. The molecule has 0 unspecified atom stereocenters. The van der Waals surface area contributed by atoms with Crippen molar-refractivity contribution >= 4 is 21.9 Å². The zero-order valence-electron chi connectivity index (χ0n) is 12.1. The summed E-state index contributed by atoms with van der Waals surface area (Å²) in [5.74, 6) is 0. The van der Waals surface area contributed by atoms with Gasteiger partial charge in [0.15, 0.2) is 6.20 Å². The maximum Gasteiger partial charge on any atom is 0.212 e. The largest absolute Gasteiger partial charge is 0.456 e. The summed E-state index contributed by atoms with van der Waals surface area (Å²) in [6, 6.07) is 18.9. The number of benzene rings is 2. The first-order chi connectivity index (χ1) is 10.2. The van der Waals surface area contributed by atoms with Crippen LogP contribution >= 0.6 is 0 Å². The number of nitrogens with zero attached hydrogens (tertiary/aromatic N) is 1. The minimum Gasteiger partial charge on any atom is -0.456 e.